The molecule has 0 saturated heterocycles. The first-order valence-corrected chi connectivity index (χ1v) is 18.5. The van der Waals surface area contributed by atoms with Crippen molar-refractivity contribution >= 4 is 77.2 Å². The fraction of sp³-hybridized carbons (Fsp3) is 0. The van der Waals surface area contributed by atoms with Crippen LogP contribution in [0.3, 0.4) is 0 Å². The van der Waals surface area contributed by atoms with Crippen molar-refractivity contribution in [2.24, 2.45) is 0 Å². The van der Waals surface area contributed by atoms with E-state index < -0.39 is 0 Å². The van der Waals surface area contributed by atoms with Gasteiger partial charge in [0.1, 0.15) is 0 Å². The summed E-state index contributed by atoms with van der Waals surface area (Å²) in [4.78, 5) is 4.85. The molecule has 2 nitrogen and oxygen atoms in total. The van der Waals surface area contributed by atoms with Gasteiger partial charge in [-0.05, 0) is 81.2 Å². The van der Waals surface area contributed by atoms with Crippen LogP contribution in [0.2, 0.25) is 0 Å². The predicted molar refractivity (Wildman–Crippen MR) is 231 cm³/mol. The van der Waals surface area contributed by atoms with Crippen LogP contribution in [0, 0.1) is 0 Å². The van der Waals surface area contributed by atoms with Crippen LogP contribution in [0.5, 0.6) is 0 Å². The Kier molecular flexibility index (Phi) is 7.85. The third-order valence-corrected chi connectivity index (χ3v) is 10.6. The summed E-state index contributed by atoms with van der Waals surface area (Å²) >= 11 is 0. The number of benzene rings is 10. The van der Waals surface area contributed by atoms with E-state index in [2.05, 4.69) is 228 Å². The molecule has 254 valence electrons. The Bertz CT molecular complexity index is 2600. The van der Waals surface area contributed by atoms with Gasteiger partial charge in [-0.3, -0.25) is 0 Å². The van der Waals surface area contributed by atoms with Gasteiger partial charge in [-0.15, -0.1) is 0 Å². The highest BCUT2D eigenvalue weighted by atomic mass is 15.2. The molecule has 0 unspecified atom stereocenters. The maximum Gasteiger partial charge on any atom is 0.0540 e. The van der Waals surface area contributed by atoms with Gasteiger partial charge in [-0.1, -0.05) is 170 Å². The third kappa shape index (κ3) is 5.53. The molecule has 10 aromatic carbocycles. The van der Waals surface area contributed by atoms with Crippen LogP contribution in [0.1, 0.15) is 0 Å². The smallest absolute Gasteiger partial charge is 0.0540 e. The summed E-state index contributed by atoms with van der Waals surface area (Å²) < 4.78 is 0. The van der Waals surface area contributed by atoms with Crippen LogP contribution in [0.25, 0.3) is 54.2 Å². The Hall–Kier alpha value is -7.16. The SMILES string of the molecule is c1cc(-c2cccc(N(c3cccc4ccccc34)c3cccc4ccccc34)c2)cc(N(c2cccc3ccccc23)c2cccc3ccccc23)c1. The third-order valence-electron chi connectivity index (χ3n) is 10.6. The minimum Gasteiger partial charge on any atom is -0.309 e. The van der Waals surface area contributed by atoms with Crippen LogP contribution in [0.15, 0.2) is 218 Å². The number of hydrogen-bond acceptors (Lipinski definition) is 2. The van der Waals surface area contributed by atoms with E-state index in [0.717, 1.165) is 45.3 Å². The van der Waals surface area contributed by atoms with E-state index in [-0.39, 0.29) is 0 Å². The summed E-state index contributed by atoms with van der Waals surface area (Å²) in [7, 11) is 0. The van der Waals surface area contributed by atoms with Gasteiger partial charge in [0.2, 0.25) is 0 Å². The molecule has 0 N–H and O–H groups in total. The first kappa shape index (κ1) is 31.6. The van der Waals surface area contributed by atoms with Gasteiger partial charge >= 0.3 is 0 Å². The molecule has 10 aromatic rings. The second kappa shape index (κ2) is 13.4. The molecule has 0 bridgehead atoms. The molecular formula is C52H36N2. The molecule has 54 heavy (non-hydrogen) atoms. The fourth-order valence-corrected chi connectivity index (χ4v) is 8.08. The normalized spacial score (nSPS) is 11.3. The molecule has 0 amide bonds. The topological polar surface area (TPSA) is 6.48 Å². The van der Waals surface area contributed by atoms with Gasteiger partial charge in [0.25, 0.3) is 0 Å². The molecule has 0 aliphatic heterocycles. The first-order valence-electron chi connectivity index (χ1n) is 18.5. The van der Waals surface area contributed by atoms with Gasteiger partial charge < -0.3 is 9.80 Å². The van der Waals surface area contributed by atoms with E-state index in [4.69, 9.17) is 0 Å². The van der Waals surface area contributed by atoms with Crippen molar-refractivity contribution in [3.05, 3.63) is 218 Å². The van der Waals surface area contributed by atoms with Crippen molar-refractivity contribution < 1.29 is 0 Å². The van der Waals surface area contributed by atoms with E-state index in [9.17, 15) is 0 Å². The van der Waals surface area contributed by atoms with E-state index in [1.54, 1.807) is 0 Å². The van der Waals surface area contributed by atoms with Crippen LogP contribution >= 0.6 is 0 Å². The van der Waals surface area contributed by atoms with E-state index in [1.807, 2.05) is 0 Å². The Morgan fingerprint density at radius 3 is 0.796 bits per heavy atom. The largest absolute Gasteiger partial charge is 0.309 e. The van der Waals surface area contributed by atoms with Gasteiger partial charge in [0.15, 0.2) is 0 Å². The highest BCUT2D eigenvalue weighted by Crippen LogP contribution is 2.45. The Morgan fingerprint density at radius 1 is 0.222 bits per heavy atom. The van der Waals surface area contributed by atoms with Crippen molar-refractivity contribution in [3.63, 3.8) is 0 Å². The molecule has 2 heteroatoms. The summed E-state index contributed by atoms with van der Waals surface area (Å²) in [5.74, 6) is 0. The lowest BCUT2D eigenvalue weighted by Gasteiger charge is -2.29. The molecule has 0 radical (unpaired) electrons. The Morgan fingerprint density at radius 2 is 0.481 bits per heavy atom. The van der Waals surface area contributed by atoms with Crippen molar-refractivity contribution in [1.82, 2.24) is 0 Å². The lowest BCUT2D eigenvalue weighted by Crippen LogP contribution is -2.11. The van der Waals surface area contributed by atoms with Crippen LogP contribution < -0.4 is 9.80 Å². The van der Waals surface area contributed by atoms with Crippen molar-refractivity contribution in [1.29, 1.82) is 0 Å². The molecule has 10 rings (SSSR count). The van der Waals surface area contributed by atoms with E-state index in [1.165, 1.54) is 43.1 Å². The minimum absolute atomic E-state index is 1.10. The molecule has 0 atom stereocenters. The average Bonchev–Trinajstić information content (AvgIpc) is 3.24. The maximum absolute atomic E-state index is 2.43. The minimum atomic E-state index is 1.10. The first-order chi connectivity index (χ1) is 26.8. The number of anilines is 6. The quantitative estimate of drug-likeness (QED) is 0.164. The maximum atomic E-state index is 2.43. The molecule has 0 spiro atoms. The number of fused-ring (bicyclic) bond motifs is 4. The lowest BCUT2D eigenvalue weighted by atomic mass is 10.00. The second-order valence-corrected chi connectivity index (χ2v) is 13.8. The van der Waals surface area contributed by atoms with E-state index in [0.29, 0.717) is 0 Å². The monoisotopic (exact) mass is 688 g/mol. The van der Waals surface area contributed by atoms with Crippen molar-refractivity contribution in [2.75, 3.05) is 9.80 Å². The van der Waals surface area contributed by atoms with Crippen LogP contribution in [-0.2, 0) is 0 Å². The summed E-state index contributed by atoms with van der Waals surface area (Å²) in [5, 5.41) is 9.69. The van der Waals surface area contributed by atoms with Gasteiger partial charge in [0, 0.05) is 32.9 Å². The summed E-state index contributed by atoms with van der Waals surface area (Å²) in [6.07, 6.45) is 0. The fourth-order valence-electron chi connectivity index (χ4n) is 8.08. The second-order valence-electron chi connectivity index (χ2n) is 13.8. The van der Waals surface area contributed by atoms with Crippen molar-refractivity contribution in [2.45, 2.75) is 0 Å². The van der Waals surface area contributed by atoms with Crippen molar-refractivity contribution in [3.8, 4) is 11.1 Å². The van der Waals surface area contributed by atoms with E-state index >= 15 is 0 Å². The summed E-state index contributed by atoms with van der Waals surface area (Å²) in [6.45, 7) is 0. The highest BCUT2D eigenvalue weighted by molar-refractivity contribution is 6.06. The molecule has 0 aliphatic rings. The standard InChI is InChI=1S/C52H36N2/c1-5-27-45-37(15-1)19-11-31-49(45)53(50-32-12-20-38-16-2-6-28-46(38)50)43-25-9-23-41(35-43)42-24-10-26-44(36-42)54(51-33-13-21-39-17-3-7-29-47(39)51)52-34-14-22-40-18-4-8-30-48(40)52/h1-36H. The summed E-state index contributed by atoms with van der Waals surface area (Å²) in [5.41, 5.74) is 9.09. The highest BCUT2D eigenvalue weighted by Gasteiger charge is 2.20. The van der Waals surface area contributed by atoms with Gasteiger partial charge in [-0.2, -0.15) is 0 Å². The number of nitrogens with zero attached hydrogens (tertiary/aromatic N) is 2. The molecule has 0 fully saturated rings. The zero-order valence-electron chi connectivity index (χ0n) is 29.7. The molecule has 0 aliphatic carbocycles. The Labute approximate surface area is 315 Å². The average molecular weight is 689 g/mol. The number of hydrogen-bond donors (Lipinski definition) is 0. The molecule has 0 saturated carbocycles. The molecule has 0 heterocycles. The van der Waals surface area contributed by atoms with Crippen LogP contribution in [0.4, 0.5) is 34.1 Å². The summed E-state index contributed by atoms with van der Waals surface area (Å²) in [6, 6.07) is 79.0. The molecular weight excluding hydrogens is 653 g/mol. The Balaban J connectivity index is 1.16. The predicted octanol–water partition coefficient (Wildman–Crippen LogP) is 14.9. The lowest BCUT2D eigenvalue weighted by molar-refractivity contribution is 1.30. The zero-order valence-corrected chi connectivity index (χ0v) is 29.7. The van der Waals surface area contributed by atoms with Gasteiger partial charge in [-0.25, -0.2) is 0 Å². The number of rotatable bonds is 7. The zero-order chi connectivity index (χ0) is 35.8. The van der Waals surface area contributed by atoms with Gasteiger partial charge in [0.05, 0.1) is 22.7 Å². The molecule has 0 aromatic heterocycles. The van der Waals surface area contributed by atoms with Crippen LogP contribution in [-0.4, -0.2) is 0 Å².